The summed E-state index contributed by atoms with van der Waals surface area (Å²) in [6, 6.07) is 0. The van der Waals surface area contributed by atoms with Crippen molar-refractivity contribution in [1.82, 2.24) is 19.8 Å². The van der Waals surface area contributed by atoms with Crippen LogP contribution < -0.4 is 16.6 Å². The first-order valence-electron chi connectivity index (χ1n) is 12.1. The van der Waals surface area contributed by atoms with Gasteiger partial charge in [-0.05, 0) is 29.5 Å². The molecule has 4 heterocycles. The van der Waals surface area contributed by atoms with Crippen molar-refractivity contribution in [1.29, 1.82) is 0 Å². The smallest absolute Gasteiger partial charge is 0.387 e. The lowest BCUT2D eigenvalue weighted by Gasteiger charge is -2.33. The van der Waals surface area contributed by atoms with E-state index in [1.165, 1.54) is 18.0 Å². The molecular formula is C20H29IN4O17P2. The number of hydrogen-bond donors (Lipinski definition) is 10. The Kier molecular flexibility index (Phi) is 11.9. The Labute approximate surface area is 259 Å². The Morgan fingerprint density at radius 2 is 1.39 bits per heavy atom. The molecule has 0 radical (unpaired) electrons. The molecule has 44 heavy (non-hydrogen) atoms. The van der Waals surface area contributed by atoms with Crippen LogP contribution in [0.4, 0.5) is 0 Å². The number of aliphatic hydroxyl groups excluding tert-OH is 4. The van der Waals surface area contributed by atoms with Crippen LogP contribution in [-0.2, 0) is 32.4 Å². The Hall–Kier alpha value is -1.86. The number of H-pyrrole nitrogens is 1. The minimum atomic E-state index is -4.77. The third kappa shape index (κ3) is 9.11. The number of phosphoric ester groups is 2. The van der Waals surface area contributed by atoms with Gasteiger partial charge in [0.1, 0.15) is 42.4 Å². The van der Waals surface area contributed by atoms with E-state index in [0.29, 0.717) is 3.58 Å². The van der Waals surface area contributed by atoms with Crippen molar-refractivity contribution in [2.45, 2.75) is 56.0 Å². The van der Waals surface area contributed by atoms with Gasteiger partial charge < -0.3 is 59.7 Å². The molecule has 24 heteroatoms. The van der Waals surface area contributed by atoms with Gasteiger partial charge in [0.2, 0.25) is 0 Å². The lowest BCUT2D eigenvalue weighted by Crippen LogP contribution is -2.47. The number of amides is 1. The number of carbonyl (C=O) groups excluding carboxylic acids is 1. The Balaban J connectivity index is 0.000000240. The summed E-state index contributed by atoms with van der Waals surface area (Å²) >= 11 is 1.78. The first kappa shape index (κ1) is 36.6. The van der Waals surface area contributed by atoms with Crippen LogP contribution in [0, 0.1) is 6.92 Å². The number of rotatable bonds is 8. The van der Waals surface area contributed by atoms with E-state index in [9.17, 15) is 43.9 Å². The van der Waals surface area contributed by atoms with Crippen LogP contribution in [0.25, 0.3) is 0 Å². The Morgan fingerprint density at radius 1 is 0.909 bits per heavy atom. The molecule has 1 aromatic rings. The predicted molar refractivity (Wildman–Crippen MR) is 150 cm³/mol. The van der Waals surface area contributed by atoms with Crippen molar-refractivity contribution in [3.63, 3.8) is 0 Å². The van der Waals surface area contributed by atoms with Crippen LogP contribution in [0.1, 0.15) is 11.8 Å². The molecule has 2 fully saturated rings. The monoisotopic (exact) mass is 786 g/mol. The number of hydrogen-bond acceptors (Lipinski definition) is 14. The number of nitrogens with one attached hydrogen (secondary N) is 2. The fraction of sp³-hybridized carbons (Fsp3) is 0.550. The van der Waals surface area contributed by atoms with Crippen LogP contribution >= 0.6 is 38.2 Å². The molecular weight excluding hydrogens is 757 g/mol. The number of halogens is 1. The summed E-state index contributed by atoms with van der Waals surface area (Å²) in [6.45, 7) is 3.75. The fourth-order valence-corrected chi connectivity index (χ4v) is 5.17. The molecule has 0 spiro atoms. The normalized spacial score (nSPS) is 31.0. The molecule has 8 atom stereocenters. The minimum Gasteiger partial charge on any atom is -0.387 e. The molecule has 8 unspecified atom stereocenters. The molecule has 0 aliphatic carbocycles. The van der Waals surface area contributed by atoms with E-state index in [4.69, 9.17) is 29.0 Å². The van der Waals surface area contributed by atoms with Crippen LogP contribution in [0.15, 0.2) is 38.0 Å². The summed E-state index contributed by atoms with van der Waals surface area (Å²) in [6.07, 6.45) is -8.19. The number of aliphatic hydroxyl groups is 4. The predicted octanol–water partition coefficient (Wildman–Crippen LogP) is -3.70. The summed E-state index contributed by atoms with van der Waals surface area (Å²) in [7, 11) is -9.49. The lowest BCUT2D eigenvalue weighted by atomic mass is 10.1. The first-order chi connectivity index (χ1) is 20.2. The van der Waals surface area contributed by atoms with Gasteiger partial charge in [-0.3, -0.25) is 28.2 Å². The van der Waals surface area contributed by atoms with Gasteiger partial charge in [0.15, 0.2) is 12.5 Å². The Morgan fingerprint density at radius 3 is 1.89 bits per heavy atom. The van der Waals surface area contributed by atoms with Gasteiger partial charge in [-0.1, -0.05) is 6.58 Å². The lowest BCUT2D eigenvalue weighted by molar-refractivity contribution is -0.118. The average molecular weight is 786 g/mol. The highest BCUT2D eigenvalue weighted by Crippen LogP contribution is 2.39. The van der Waals surface area contributed by atoms with E-state index in [2.05, 4.69) is 20.9 Å². The number of aryl methyl sites for hydroxylation is 1. The molecule has 0 saturated carbocycles. The van der Waals surface area contributed by atoms with Gasteiger partial charge in [0.05, 0.1) is 16.8 Å². The highest BCUT2D eigenvalue weighted by atomic mass is 127. The topological polar surface area (TPSA) is 320 Å². The first-order valence-corrected chi connectivity index (χ1v) is 16.3. The molecule has 3 aliphatic rings. The summed E-state index contributed by atoms with van der Waals surface area (Å²) < 4.78 is 41.6. The van der Waals surface area contributed by atoms with Gasteiger partial charge >= 0.3 is 21.3 Å². The summed E-state index contributed by atoms with van der Waals surface area (Å²) in [5, 5.41) is 42.1. The molecule has 10 N–H and O–H groups in total. The Bertz CT molecular complexity index is 1490. The van der Waals surface area contributed by atoms with Crippen LogP contribution in [-0.4, -0.2) is 116 Å². The highest BCUT2D eigenvalue weighted by Gasteiger charge is 2.47. The quantitative estimate of drug-likeness (QED) is 0.0895. The van der Waals surface area contributed by atoms with Crippen molar-refractivity contribution < 1.29 is 72.4 Å². The van der Waals surface area contributed by atoms with E-state index in [1.54, 1.807) is 22.6 Å². The van der Waals surface area contributed by atoms with E-state index >= 15 is 0 Å². The van der Waals surface area contributed by atoms with E-state index in [-0.39, 0.29) is 17.3 Å². The highest BCUT2D eigenvalue weighted by molar-refractivity contribution is 14.1. The second-order valence-electron chi connectivity index (χ2n) is 9.43. The number of aromatic nitrogens is 2. The zero-order chi connectivity index (χ0) is 33.3. The largest absolute Gasteiger partial charge is 0.469 e. The van der Waals surface area contributed by atoms with Crippen molar-refractivity contribution in [2.75, 3.05) is 13.2 Å². The molecule has 4 rings (SSSR count). The number of nitrogens with zero attached hydrogens (tertiary/aromatic N) is 2. The van der Waals surface area contributed by atoms with Crippen LogP contribution in [0.3, 0.4) is 0 Å². The fourth-order valence-electron chi connectivity index (χ4n) is 4.05. The third-order valence-corrected chi connectivity index (χ3v) is 7.96. The van der Waals surface area contributed by atoms with E-state index in [0.717, 1.165) is 10.8 Å². The number of aromatic amines is 1. The molecule has 0 aromatic carbocycles. The zero-order valence-electron chi connectivity index (χ0n) is 22.3. The maximum atomic E-state index is 11.7. The van der Waals surface area contributed by atoms with Gasteiger partial charge in [-0.25, -0.2) is 13.9 Å². The zero-order valence-corrected chi connectivity index (χ0v) is 26.3. The van der Waals surface area contributed by atoms with Crippen molar-refractivity contribution >= 4 is 44.1 Å². The maximum absolute atomic E-state index is 11.7. The molecule has 3 aliphatic heterocycles. The molecule has 248 valence electrons. The van der Waals surface area contributed by atoms with E-state index in [1.807, 2.05) is 4.98 Å². The number of phosphoric acid groups is 2. The van der Waals surface area contributed by atoms with Crippen molar-refractivity contribution in [2.24, 2.45) is 0 Å². The average Bonchev–Trinajstić information content (AvgIpc) is 3.35. The molecule has 1 aromatic heterocycles. The van der Waals surface area contributed by atoms with Gasteiger partial charge in [-0.15, -0.1) is 0 Å². The summed E-state index contributed by atoms with van der Waals surface area (Å²) in [5.41, 5.74) is -1.28. The second kappa shape index (κ2) is 14.3. The van der Waals surface area contributed by atoms with Crippen molar-refractivity contribution in [3.05, 3.63) is 54.8 Å². The number of ether oxygens (including phenoxy) is 2. The molecule has 1 amide bonds. The molecule has 0 bridgehead atoms. The van der Waals surface area contributed by atoms with Gasteiger partial charge in [0, 0.05) is 18.0 Å². The maximum Gasteiger partial charge on any atom is 0.469 e. The third-order valence-electron chi connectivity index (χ3n) is 6.22. The number of carbonyl (C=O) groups is 1. The van der Waals surface area contributed by atoms with Crippen LogP contribution in [0.2, 0.25) is 0 Å². The molecule has 2 saturated heterocycles. The summed E-state index contributed by atoms with van der Waals surface area (Å²) in [5.74, 6) is -0.227. The SMILES string of the molecule is C=C1NC(=O)C(I)=CN1C1OC(COP(=O)(O)O)C(O)C1O.Cc1cn(C2OC(COP(=O)(O)O)C(O)C2O)c(=O)[nH]c1=O. The van der Waals surface area contributed by atoms with Crippen molar-refractivity contribution in [3.8, 4) is 0 Å². The van der Waals surface area contributed by atoms with Gasteiger partial charge in [0.25, 0.3) is 11.5 Å². The van der Waals surface area contributed by atoms with Crippen LogP contribution in [0.5, 0.6) is 0 Å². The second-order valence-corrected chi connectivity index (χ2v) is 13.1. The standard InChI is InChI=1S/C10H14IN2O8P.C10H15N2O9P/c1-4-12-9(16)5(11)2-13(4)10-8(15)7(14)6(21-10)3-20-22(17,18)19;1-4-2-12(10(16)11-8(4)15)9-7(14)6(13)5(21-9)3-20-22(17,18)19/h2,6-8,10,14-15H,1,3H2,(H,12,16)(H2,17,18,19);2,5-7,9,13-14H,3H2,1H3,(H,11,15,16)(H2,17,18,19). The summed E-state index contributed by atoms with van der Waals surface area (Å²) in [4.78, 5) is 72.4. The minimum absolute atomic E-state index is 0.137. The molecule has 21 nitrogen and oxygen atoms in total. The van der Waals surface area contributed by atoms with E-state index < -0.39 is 89.2 Å². The van der Waals surface area contributed by atoms with Gasteiger partial charge in [-0.2, -0.15) is 0 Å².